The number of ether oxygens (including phenoxy) is 1. The van der Waals surface area contributed by atoms with Gasteiger partial charge in [0.1, 0.15) is 0 Å². The summed E-state index contributed by atoms with van der Waals surface area (Å²) in [5.41, 5.74) is 6.40. The number of nitrogens with two attached hydrogens (primary N) is 1. The summed E-state index contributed by atoms with van der Waals surface area (Å²) in [5.74, 6) is 1.23. The third-order valence-corrected chi connectivity index (χ3v) is 2.41. The summed E-state index contributed by atoms with van der Waals surface area (Å²) >= 11 is 5.88. The van der Waals surface area contributed by atoms with E-state index >= 15 is 0 Å². The second-order valence-corrected chi connectivity index (χ2v) is 4.26. The molecule has 0 spiro atoms. The molecule has 0 aliphatic rings. The molecule has 0 unspecified atom stereocenters. The van der Waals surface area contributed by atoms with Gasteiger partial charge in [-0.1, -0.05) is 25.4 Å². The van der Waals surface area contributed by atoms with Crippen LogP contribution < -0.4 is 10.5 Å². The Labute approximate surface area is 95.6 Å². The molecule has 4 heteroatoms. The average molecular weight is 229 g/mol. The highest BCUT2D eigenvalue weighted by molar-refractivity contribution is 6.31. The molecule has 0 aliphatic carbocycles. The van der Waals surface area contributed by atoms with E-state index in [2.05, 4.69) is 18.8 Å². The van der Waals surface area contributed by atoms with Crippen molar-refractivity contribution in [2.75, 3.05) is 6.61 Å². The van der Waals surface area contributed by atoms with Crippen molar-refractivity contribution in [2.24, 2.45) is 11.7 Å². The molecular weight excluding hydrogens is 212 g/mol. The minimum Gasteiger partial charge on any atom is -0.478 e. The number of halogens is 1. The molecule has 0 bridgehead atoms. The minimum absolute atomic E-state index is 0.405. The number of hydrogen-bond acceptors (Lipinski definition) is 3. The van der Waals surface area contributed by atoms with Crippen LogP contribution in [-0.4, -0.2) is 11.6 Å². The first-order chi connectivity index (χ1) is 7.13. The maximum atomic E-state index is 5.88. The number of aromatic nitrogens is 1. The Morgan fingerprint density at radius 2 is 2.27 bits per heavy atom. The third-order valence-electron chi connectivity index (χ3n) is 2.07. The minimum atomic E-state index is 0.405. The van der Waals surface area contributed by atoms with Crippen molar-refractivity contribution in [2.45, 2.75) is 26.8 Å². The summed E-state index contributed by atoms with van der Waals surface area (Å²) in [7, 11) is 0. The average Bonchev–Trinajstić information content (AvgIpc) is 2.20. The van der Waals surface area contributed by atoms with Crippen molar-refractivity contribution in [3.63, 3.8) is 0 Å². The topological polar surface area (TPSA) is 48.1 Å². The molecule has 0 amide bonds. The van der Waals surface area contributed by atoms with Gasteiger partial charge in [-0.3, -0.25) is 0 Å². The van der Waals surface area contributed by atoms with Crippen molar-refractivity contribution >= 4 is 11.6 Å². The SMILES string of the molecule is CC(C)CCOc1cc(CN)c(Cl)cn1. The molecule has 1 aromatic rings. The molecule has 3 nitrogen and oxygen atoms in total. The number of rotatable bonds is 5. The molecule has 0 atom stereocenters. The van der Waals surface area contributed by atoms with Crippen LogP contribution >= 0.6 is 11.6 Å². The smallest absolute Gasteiger partial charge is 0.213 e. The van der Waals surface area contributed by atoms with Crippen LogP contribution in [0.5, 0.6) is 5.88 Å². The largest absolute Gasteiger partial charge is 0.478 e. The summed E-state index contributed by atoms with van der Waals surface area (Å²) in [4.78, 5) is 4.07. The molecule has 84 valence electrons. The van der Waals surface area contributed by atoms with E-state index in [4.69, 9.17) is 22.1 Å². The van der Waals surface area contributed by atoms with Gasteiger partial charge >= 0.3 is 0 Å². The van der Waals surface area contributed by atoms with E-state index in [1.165, 1.54) is 0 Å². The van der Waals surface area contributed by atoms with Crippen LogP contribution in [0.25, 0.3) is 0 Å². The summed E-state index contributed by atoms with van der Waals surface area (Å²) in [6.45, 7) is 5.39. The Kier molecular flexibility index (Phi) is 4.85. The van der Waals surface area contributed by atoms with Crippen LogP contribution in [0.1, 0.15) is 25.8 Å². The van der Waals surface area contributed by atoms with E-state index in [-0.39, 0.29) is 0 Å². The van der Waals surface area contributed by atoms with Crippen molar-refractivity contribution in [1.82, 2.24) is 4.98 Å². The second-order valence-electron chi connectivity index (χ2n) is 3.85. The first-order valence-corrected chi connectivity index (χ1v) is 5.48. The van der Waals surface area contributed by atoms with Gasteiger partial charge in [-0.2, -0.15) is 0 Å². The molecule has 0 saturated carbocycles. The molecule has 0 aromatic carbocycles. The lowest BCUT2D eigenvalue weighted by atomic mass is 10.1. The zero-order valence-corrected chi connectivity index (χ0v) is 9.92. The highest BCUT2D eigenvalue weighted by Gasteiger charge is 2.03. The van der Waals surface area contributed by atoms with Crippen LogP contribution in [0.15, 0.2) is 12.3 Å². The lowest BCUT2D eigenvalue weighted by molar-refractivity contribution is 0.279. The lowest BCUT2D eigenvalue weighted by Crippen LogP contribution is -2.04. The number of pyridine rings is 1. The van der Waals surface area contributed by atoms with Gasteiger partial charge in [0, 0.05) is 18.8 Å². The highest BCUT2D eigenvalue weighted by Crippen LogP contribution is 2.18. The normalized spacial score (nSPS) is 10.7. The fourth-order valence-corrected chi connectivity index (χ4v) is 1.27. The molecule has 15 heavy (non-hydrogen) atoms. The summed E-state index contributed by atoms with van der Waals surface area (Å²) in [6, 6.07) is 1.79. The van der Waals surface area contributed by atoms with Crippen LogP contribution in [-0.2, 0) is 6.54 Å². The molecule has 0 saturated heterocycles. The predicted molar refractivity (Wildman–Crippen MR) is 62.1 cm³/mol. The monoisotopic (exact) mass is 228 g/mol. The van der Waals surface area contributed by atoms with Gasteiger partial charge in [0.05, 0.1) is 11.6 Å². The molecule has 0 aliphatic heterocycles. The van der Waals surface area contributed by atoms with E-state index in [1.54, 1.807) is 12.3 Å². The van der Waals surface area contributed by atoms with Crippen LogP contribution in [0.2, 0.25) is 5.02 Å². The molecule has 1 rings (SSSR count). The third kappa shape index (κ3) is 4.06. The predicted octanol–water partition coefficient (Wildman–Crippen LogP) is 2.62. The fourth-order valence-electron chi connectivity index (χ4n) is 1.09. The zero-order chi connectivity index (χ0) is 11.3. The van der Waals surface area contributed by atoms with E-state index in [0.29, 0.717) is 30.0 Å². The van der Waals surface area contributed by atoms with E-state index < -0.39 is 0 Å². The fraction of sp³-hybridized carbons (Fsp3) is 0.545. The van der Waals surface area contributed by atoms with Gasteiger partial charge < -0.3 is 10.5 Å². The van der Waals surface area contributed by atoms with Crippen LogP contribution in [0.3, 0.4) is 0 Å². The lowest BCUT2D eigenvalue weighted by Gasteiger charge is -2.08. The van der Waals surface area contributed by atoms with Gasteiger partial charge in [0.2, 0.25) is 5.88 Å². The Morgan fingerprint density at radius 1 is 1.53 bits per heavy atom. The maximum absolute atomic E-state index is 5.88. The second kappa shape index (κ2) is 5.93. The van der Waals surface area contributed by atoms with Crippen molar-refractivity contribution in [3.05, 3.63) is 22.8 Å². The zero-order valence-electron chi connectivity index (χ0n) is 9.16. The quantitative estimate of drug-likeness (QED) is 0.843. The van der Waals surface area contributed by atoms with Crippen molar-refractivity contribution in [1.29, 1.82) is 0 Å². The summed E-state index contributed by atoms with van der Waals surface area (Å²) < 4.78 is 5.49. The first-order valence-electron chi connectivity index (χ1n) is 5.10. The van der Waals surface area contributed by atoms with Crippen LogP contribution in [0.4, 0.5) is 0 Å². The standard InChI is InChI=1S/C11H17ClN2O/c1-8(2)3-4-15-11-5-9(6-13)10(12)7-14-11/h5,7-8H,3-4,6,13H2,1-2H3. The maximum Gasteiger partial charge on any atom is 0.213 e. The van der Waals surface area contributed by atoms with Gasteiger partial charge in [-0.25, -0.2) is 4.98 Å². The Hall–Kier alpha value is -0.800. The van der Waals surface area contributed by atoms with E-state index in [1.807, 2.05) is 0 Å². The number of hydrogen-bond donors (Lipinski definition) is 1. The van der Waals surface area contributed by atoms with Gasteiger partial charge in [0.25, 0.3) is 0 Å². The Balaban J connectivity index is 2.54. The molecule has 1 heterocycles. The van der Waals surface area contributed by atoms with Gasteiger partial charge in [0.15, 0.2) is 0 Å². The highest BCUT2D eigenvalue weighted by atomic mass is 35.5. The Morgan fingerprint density at radius 3 is 2.87 bits per heavy atom. The van der Waals surface area contributed by atoms with Crippen molar-refractivity contribution in [3.8, 4) is 5.88 Å². The molecule has 2 N–H and O–H groups in total. The summed E-state index contributed by atoms with van der Waals surface area (Å²) in [6.07, 6.45) is 2.59. The van der Waals surface area contributed by atoms with Crippen LogP contribution in [0, 0.1) is 5.92 Å². The van der Waals surface area contributed by atoms with Gasteiger partial charge in [-0.15, -0.1) is 0 Å². The Bertz CT molecular complexity index is 315. The molecule has 1 aromatic heterocycles. The molecular formula is C11H17ClN2O. The molecule has 0 fully saturated rings. The van der Waals surface area contributed by atoms with Gasteiger partial charge in [-0.05, 0) is 17.9 Å². The molecule has 0 radical (unpaired) electrons. The summed E-state index contributed by atoms with van der Waals surface area (Å²) in [5, 5.41) is 0.591. The first kappa shape index (κ1) is 12.3. The van der Waals surface area contributed by atoms with E-state index in [0.717, 1.165) is 12.0 Å². The van der Waals surface area contributed by atoms with E-state index in [9.17, 15) is 0 Å². The van der Waals surface area contributed by atoms with Crippen molar-refractivity contribution < 1.29 is 4.74 Å². The number of nitrogens with zero attached hydrogens (tertiary/aromatic N) is 1.